The van der Waals surface area contributed by atoms with Crippen molar-refractivity contribution in [1.29, 1.82) is 0 Å². The maximum absolute atomic E-state index is 5.41. The normalized spacial score (nSPS) is 12.0. The lowest BCUT2D eigenvalue weighted by Gasteiger charge is -2.21. The minimum atomic E-state index is 0.109. The van der Waals surface area contributed by atoms with Crippen LogP contribution in [-0.4, -0.2) is 25.7 Å². The van der Waals surface area contributed by atoms with Crippen LogP contribution < -0.4 is 14.8 Å². The zero-order valence-electron chi connectivity index (χ0n) is 13.0. The van der Waals surface area contributed by atoms with Gasteiger partial charge in [-0.15, -0.1) is 0 Å². The number of hydrogen-bond acceptors (Lipinski definition) is 4. The van der Waals surface area contributed by atoms with Gasteiger partial charge < -0.3 is 14.8 Å². The Morgan fingerprint density at radius 3 is 2.52 bits per heavy atom. The molecule has 0 saturated carbocycles. The Kier molecular flexibility index (Phi) is 5.17. The predicted octanol–water partition coefficient (Wildman–Crippen LogP) is 3.11. The number of aryl methyl sites for hydroxylation is 1. The highest BCUT2D eigenvalue weighted by Crippen LogP contribution is 2.32. The first-order valence-corrected chi connectivity index (χ1v) is 7.07. The zero-order valence-corrected chi connectivity index (χ0v) is 13.0. The number of pyridine rings is 1. The second-order valence-electron chi connectivity index (χ2n) is 4.84. The zero-order chi connectivity index (χ0) is 15.2. The summed E-state index contributed by atoms with van der Waals surface area (Å²) in [4.78, 5) is 4.17. The maximum atomic E-state index is 5.41. The lowest BCUT2D eigenvalue weighted by atomic mass is 9.96. The van der Waals surface area contributed by atoms with Crippen molar-refractivity contribution in [3.05, 3.63) is 53.3 Å². The number of nitrogens with one attached hydrogen (secondary N) is 1. The number of nitrogens with zero attached hydrogens (tertiary/aromatic N) is 1. The summed E-state index contributed by atoms with van der Waals surface area (Å²) in [6.45, 7) is 5.05. The van der Waals surface area contributed by atoms with Crippen molar-refractivity contribution < 1.29 is 9.47 Å². The van der Waals surface area contributed by atoms with Gasteiger partial charge >= 0.3 is 0 Å². The second-order valence-corrected chi connectivity index (χ2v) is 4.84. The minimum Gasteiger partial charge on any atom is -0.493 e. The summed E-state index contributed by atoms with van der Waals surface area (Å²) in [6, 6.07) is 8.19. The Labute approximate surface area is 126 Å². The van der Waals surface area contributed by atoms with Gasteiger partial charge in [0.05, 0.1) is 20.3 Å². The van der Waals surface area contributed by atoms with Crippen molar-refractivity contribution in [1.82, 2.24) is 10.3 Å². The van der Waals surface area contributed by atoms with E-state index in [1.54, 1.807) is 14.2 Å². The molecule has 4 nitrogen and oxygen atoms in total. The molecule has 1 aromatic carbocycles. The second kappa shape index (κ2) is 7.09. The molecule has 1 N–H and O–H groups in total. The van der Waals surface area contributed by atoms with E-state index in [0.29, 0.717) is 0 Å². The van der Waals surface area contributed by atoms with Crippen molar-refractivity contribution >= 4 is 0 Å². The summed E-state index contributed by atoms with van der Waals surface area (Å²) >= 11 is 0. The van der Waals surface area contributed by atoms with Gasteiger partial charge in [0, 0.05) is 12.4 Å². The highest BCUT2D eigenvalue weighted by Gasteiger charge is 2.17. The Balaban J connectivity index is 2.46. The fourth-order valence-corrected chi connectivity index (χ4v) is 2.45. The van der Waals surface area contributed by atoms with E-state index in [9.17, 15) is 0 Å². The number of aromatic nitrogens is 1. The van der Waals surface area contributed by atoms with Crippen LogP contribution in [0.2, 0.25) is 0 Å². The highest BCUT2D eigenvalue weighted by atomic mass is 16.5. The van der Waals surface area contributed by atoms with Gasteiger partial charge in [0.2, 0.25) is 0 Å². The minimum absolute atomic E-state index is 0.109. The molecular weight excluding hydrogens is 264 g/mol. The molecule has 0 aliphatic carbocycles. The van der Waals surface area contributed by atoms with Crippen LogP contribution in [0.1, 0.15) is 29.7 Å². The fourth-order valence-electron chi connectivity index (χ4n) is 2.45. The third kappa shape index (κ3) is 3.34. The van der Waals surface area contributed by atoms with Crippen molar-refractivity contribution in [3.8, 4) is 11.5 Å². The molecule has 0 bridgehead atoms. The van der Waals surface area contributed by atoms with Crippen LogP contribution in [0.4, 0.5) is 0 Å². The summed E-state index contributed by atoms with van der Waals surface area (Å²) in [5.74, 6) is 1.48. The molecule has 112 valence electrons. The maximum Gasteiger partial charge on any atom is 0.161 e. The average molecular weight is 286 g/mol. The predicted molar refractivity (Wildman–Crippen MR) is 84.0 cm³/mol. The molecule has 1 heterocycles. The first-order valence-electron chi connectivity index (χ1n) is 7.07. The molecule has 0 aliphatic rings. The highest BCUT2D eigenvalue weighted by molar-refractivity contribution is 5.46. The molecule has 0 saturated heterocycles. The van der Waals surface area contributed by atoms with E-state index in [0.717, 1.165) is 23.6 Å². The van der Waals surface area contributed by atoms with E-state index in [4.69, 9.17) is 9.47 Å². The van der Waals surface area contributed by atoms with E-state index in [-0.39, 0.29) is 6.04 Å². The van der Waals surface area contributed by atoms with Crippen molar-refractivity contribution in [2.75, 3.05) is 20.8 Å². The summed E-state index contributed by atoms with van der Waals surface area (Å²) in [5.41, 5.74) is 3.53. The molecule has 21 heavy (non-hydrogen) atoms. The molecule has 1 unspecified atom stereocenters. The monoisotopic (exact) mass is 286 g/mol. The first-order chi connectivity index (χ1) is 10.2. The number of rotatable bonds is 6. The van der Waals surface area contributed by atoms with Gasteiger partial charge in [-0.1, -0.05) is 13.0 Å². The third-order valence-electron chi connectivity index (χ3n) is 3.52. The molecule has 0 spiro atoms. The molecule has 1 aromatic heterocycles. The summed E-state index contributed by atoms with van der Waals surface area (Å²) in [6.07, 6.45) is 3.72. The molecule has 0 radical (unpaired) electrons. The van der Waals surface area contributed by atoms with Gasteiger partial charge in [-0.2, -0.15) is 0 Å². The molecule has 1 atom stereocenters. The fraction of sp³-hybridized carbons (Fsp3) is 0.353. The van der Waals surface area contributed by atoms with Crippen LogP contribution in [0.5, 0.6) is 11.5 Å². The SMILES string of the molecule is CCNC(c1ccc(OC)c(OC)c1)c1ccncc1C. The molecule has 0 fully saturated rings. The molecular formula is C17H22N2O2. The molecule has 0 aliphatic heterocycles. The standard InChI is InChI=1S/C17H22N2O2/c1-5-19-17(14-8-9-18-11-12(14)2)13-6-7-15(20-3)16(10-13)21-4/h6-11,17,19H,5H2,1-4H3. The van der Waals surface area contributed by atoms with Crippen molar-refractivity contribution in [3.63, 3.8) is 0 Å². The Morgan fingerprint density at radius 2 is 1.90 bits per heavy atom. The van der Waals surface area contributed by atoms with Crippen molar-refractivity contribution in [2.45, 2.75) is 19.9 Å². The van der Waals surface area contributed by atoms with Crippen LogP contribution >= 0.6 is 0 Å². The van der Waals surface area contributed by atoms with E-state index in [1.807, 2.05) is 24.5 Å². The van der Waals surface area contributed by atoms with Crippen LogP contribution in [0.25, 0.3) is 0 Å². The van der Waals surface area contributed by atoms with Crippen LogP contribution in [0.3, 0.4) is 0 Å². The molecule has 4 heteroatoms. The lowest BCUT2D eigenvalue weighted by Crippen LogP contribution is -2.23. The molecule has 2 rings (SSSR count). The van der Waals surface area contributed by atoms with Crippen LogP contribution in [0.15, 0.2) is 36.7 Å². The number of ether oxygens (including phenoxy) is 2. The van der Waals surface area contributed by atoms with Gasteiger partial charge in [0.15, 0.2) is 11.5 Å². The molecule has 0 amide bonds. The Hall–Kier alpha value is -2.07. The van der Waals surface area contributed by atoms with Gasteiger partial charge in [-0.25, -0.2) is 0 Å². The van der Waals surface area contributed by atoms with Gasteiger partial charge in [-0.3, -0.25) is 4.98 Å². The van der Waals surface area contributed by atoms with E-state index < -0.39 is 0 Å². The van der Waals surface area contributed by atoms with E-state index >= 15 is 0 Å². The Bertz CT molecular complexity index is 599. The number of methoxy groups -OCH3 is 2. The van der Waals surface area contributed by atoms with E-state index in [2.05, 4.69) is 36.3 Å². The van der Waals surface area contributed by atoms with Crippen LogP contribution in [0, 0.1) is 6.92 Å². The van der Waals surface area contributed by atoms with Gasteiger partial charge in [-0.05, 0) is 48.4 Å². The summed E-state index contributed by atoms with van der Waals surface area (Å²) < 4.78 is 10.7. The average Bonchev–Trinajstić information content (AvgIpc) is 2.53. The summed E-state index contributed by atoms with van der Waals surface area (Å²) in [5, 5.41) is 3.52. The topological polar surface area (TPSA) is 43.4 Å². The smallest absolute Gasteiger partial charge is 0.161 e. The third-order valence-corrected chi connectivity index (χ3v) is 3.52. The first kappa shape index (κ1) is 15.3. The van der Waals surface area contributed by atoms with E-state index in [1.165, 1.54) is 11.1 Å². The van der Waals surface area contributed by atoms with Crippen LogP contribution in [-0.2, 0) is 0 Å². The van der Waals surface area contributed by atoms with Gasteiger partial charge in [0.1, 0.15) is 0 Å². The number of hydrogen-bond donors (Lipinski definition) is 1. The largest absolute Gasteiger partial charge is 0.493 e. The number of benzene rings is 1. The van der Waals surface area contributed by atoms with Crippen molar-refractivity contribution in [2.24, 2.45) is 0 Å². The lowest BCUT2D eigenvalue weighted by molar-refractivity contribution is 0.354. The van der Waals surface area contributed by atoms with Gasteiger partial charge in [0.25, 0.3) is 0 Å². The Morgan fingerprint density at radius 1 is 1.14 bits per heavy atom. The summed E-state index contributed by atoms with van der Waals surface area (Å²) in [7, 11) is 3.30. The molecule has 2 aromatic rings. The quantitative estimate of drug-likeness (QED) is 0.886.